The Morgan fingerprint density at radius 1 is 1.06 bits per heavy atom. The third-order valence-electron chi connectivity index (χ3n) is 5.47. The van der Waals surface area contributed by atoms with Crippen LogP contribution in [0.2, 0.25) is 0 Å². The molecule has 8 nitrogen and oxygen atoms in total. The van der Waals surface area contributed by atoms with Crippen molar-refractivity contribution in [3.8, 4) is 5.75 Å². The number of sulfonamides is 1. The first-order valence-corrected chi connectivity index (χ1v) is 12.6. The van der Waals surface area contributed by atoms with Crippen molar-refractivity contribution in [2.45, 2.75) is 44.6 Å². The number of hydrogen-bond donors (Lipinski definition) is 2. The number of rotatable bonds is 9. The van der Waals surface area contributed by atoms with Gasteiger partial charge in [-0.05, 0) is 56.0 Å². The fourth-order valence-electron chi connectivity index (χ4n) is 3.70. The molecule has 1 heterocycles. The highest BCUT2D eigenvalue weighted by atomic mass is 32.2. The third kappa shape index (κ3) is 5.91. The number of hydrogen-bond acceptors (Lipinski definition) is 5. The van der Waals surface area contributed by atoms with Gasteiger partial charge in [-0.2, -0.15) is 4.31 Å². The Morgan fingerprint density at radius 2 is 1.73 bits per heavy atom. The zero-order valence-corrected chi connectivity index (χ0v) is 20.0. The molecule has 0 aromatic heterocycles. The Balaban J connectivity index is 1.83. The van der Waals surface area contributed by atoms with E-state index in [0.29, 0.717) is 30.9 Å². The topological polar surface area (TPSA) is 105 Å². The summed E-state index contributed by atoms with van der Waals surface area (Å²) in [7, 11) is -3.75. The van der Waals surface area contributed by atoms with E-state index in [2.05, 4.69) is 10.6 Å². The van der Waals surface area contributed by atoms with Crippen LogP contribution in [0.1, 0.15) is 44.0 Å². The first kappa shape index (κ1) is 24.7. The molecule has 3 rings (SSSR count). The molecule has 1 atom stereocenters. The van der Waals surface area contributed by atoms with E-state index in [-0.39, 0.29) is 22.5 Å². The molecule has 1 fully saturated rings. The van der Waals surface area contributed by atoms with Crippen LogP contribution in [0.5, 0.6) is 5.75 Å². The molecule has 2 N–H and O–H groups in total. The minimum absolute atomic E-state index is 0.0264. The molecule has 1 aliphatic heterocycles. The molecule has 0 radical (unpaired) electrons. The molecule has 1 saturated heterocycles. The van der Waals surface area contributed by atoms with Gasteiger partial charge in [0, 0.05) is 24.3 Å². The molecule has 2 aromatic rings. The van der Waals surface area contributed by atoms with Crippen molar-refractivity contribution in [3.05, 3.63) is 54.1 Å². The fraction of sp³-hybridized carbons (Fsp3) is 0.417. The Morgan fingerprint density at radius 3 is 2.33 bits per heavy atom. The zero-order valence-electron chi connectivity index (χ0n) is 19.2. The minimum atomic E-state index is -3.75. The molecular weight excluding hydrogens is 442 g/mol. The van der Waals surface area contributed by atoms with Gasteiger partial charge in [-0.3, -0.25) is 9.59 Å². The van der Waals surface area contributed by atoms with Gasteiger partial charge in [0.15, 0.2) is 0 Å². The molecule has 0 bridgehead atoms. The van der Waals surface area contributed by atoms with Crippen molar-refractivity contribution < 1.29 is 22.7 Å². The zero-order chi connectivity index (χ0) is 24.0. The summed E-state index contributed by atoms with van der Waals surface area (Å²) in [6, 6.07) is 12.4. The smallest absolute Gasteiger partial charge is 0.251 e. The van der Waals surface area contributed by atoms with Crippen molar-refractivity contribution in [2.24, 2.45) is 5.92 Å². The third-order valence-corrected chi connectivity index (χ3v) is 7.39. The summed E-state index contributed by atoms with van der Waals surface area (Å²) in [6.45, 7) is 6.69. The summed E-state index contributed by atoms with van der Waals surface area (Å²) in [5, 5.41) is 5.53. The highest BCUT2D eigenvalue weighted by Crippen LogP contribution is 2.31. The van der Waals surface area contributed by atoms with E-state index in [4.69, 9.17) is 4.74 Å². The number of benzene rings is 2. The summed E-state index contributed by atoms with van der Waals surface area (Å²) in [6.07, 6.45) is 1.63. The van der Waals surface area contributed by atoms with Crippen LogP contribution in [0, 0.1) is 5.92 Å². The number of carbonyl (C=O) groups is 2. The molecule has 9 heteroatoms. The van der Waals surface area contributed by atoms with Crippen LogP contribution in [0.4, 0.5) is 5.69 Å². The van der Waals surface area contributed by atoms with Gasteiger partial charge < -0.3 is 15.4 Å². The monoisotopic (exact) mass is 473 g/mol. The average molecular weight is 474 g/mol. The lowest BCUT2D eigenvalue weighted by Crippen LogP contribution is -2.47. The highest BCUT2D eigenvalue weighted by molar-refractivity contribution is 7.89. The van der Waals surface area contributed by atoms with Gasteiger partial charge in [-0.25, -0.2) is 8.42 Å². The number of anilines is 1. The van der Waals surface area contributed by atoms with Gasteiger partial charge in [-0.1, -0.05) is 32.0 Å². The van der Waals surface area contributed by atoms with Crippen LogP contribution in [-0.2, 0) is 14.8 Å². The van der Waals surface area contributed by atoms with Gasteiger partial charge in [-0.15, -0.1) is 0 Å². The molecule has 1 unspecified atom stereocenters. The number of carbonyl (C=O) groups excluding carboxylic acids is 2. The SMILES string of the molecule is CCOc1ccc(NC(=O)C(NC(=O)c2ccccc2)C(C)C)cc1S(=O)(=O)N1CCCC1. The highest BCUT2D eigenvalue weighted by Gasteiger charge is 2.31. The van der Waals surface area contributed by atoms with Crippen LogP contribution in [-0.4, -0.2) is 50.3 Å². The maximum Gasteiger partial charge on any atom is 0.251 e. The van der Waals surface area contributed by atoms with Crippen LogP contribution in [0.3, 0.4) is 0 Å². The summed E-state index contributed by atoms with van der Waals surface area (Å²) in [4.78, 5) is 25.6. The lowest BCUT2D eigenvalue weighted by Gasteiger charge is -2.23. The Bertz CT molecular complexity index is 1080. The first-order valence-electron chi connectivity index (χ1n) is 11.2. The molecule has 0 spiro atoms. The van der Waals surface area contributed by atoms with Gasteiger partial charge in [0.25, 0.3) is 5.91 Å². The summed E-state index contributed by atoms with van der Waals surface area (Å²) < 4.78 is 33.4. The van der Waals surface area contributed by atoms with E-state index in [1.165, 1.54) is 10.4 Å². The Kier molecular flexibility index (Phi) is 8.10. The van der Waals surface area contributed by atoms with Crippen molar-refractivity contribution in [1.29, 1.82) is 0 Å². The van der Waals surface area contributed by atoms with Crippen molar-refractivity contribution >= 4 is 27.5 Å². The lowest BCUT2D eigenvalue weighted by molar-refractivity contribution is -0.118. The molecule has 1 aliphatic rings. The van der Waals surface area contributed by atoms with E-state index in [9.17, 15) is 18.0 Å². The van der Waals surface area contributed by atoms with Crippen molar-refractivity contribution in [1.82, 2.24) is 9.62 Å². The standard InChI is InChI=1S/C24H31N3O5S/c1-4-32-20-13-12-19(16-21(20)33(30,31)27-14-8-9-15-27)25-24(29)22(17(2)3)26-23(28)18-10-6-5-7-11-18/h5-7,10-13,16-17,22H,4,8-9,14-15H2,1-3H3,(H,25,29)(H,26,28). The maximum absolute atomic E-state index is 13.2. The molecule has 33 heavy (non-hydrogen) atoms. The van der Waals surface area contributed by atoms with E-state index in [0.717, 1.165) is 12.8 Å². The first-order chi connectivity index (χ1) is 15.7. The molecule has 178 valence electrons. The van der Waals surface area contributed by atoms with Gasteiger partial charge in [0.05, 0.1) is 6.61 Å². The van der Waals surface area contributed by atoms with Gasteiger partial charge in [0.1, 0.15) is 16.7 Å². The minimum Gasteiger partial charge on any atom is -0.492 e. The van der Waals surface area contributed by atoms with E-state index in [1.807, 2.05) is 19.9 Å². The largest absolute Gasteiger partial charge is 0.492 e. The normalized spacial score (nSPS) is 15.3. The van der Waals surface area contributed by atoms with E-state index in [1.54, 1.807) is 43.3 Å². The van der Waals surface area contributed by atoms with Crippen LogP contribution >= 0.6 is 0 Å². The van der Waals surface area contributed by atoms with Crippen LogP contribution < -0.4 is 15.4 Å². The Labute approximate surface area is 195 Å². The van der Waals surface area contributed by atoms with Crippen molar-refractivity contribution in [2.75, 3.05) is 25.0 Å². The average Bonchev–Trinajstić information content (AvgIpc) is 3.34. The van der Waals surface area contributed by atoms with Crippen LogP contribution in [0.25, 0.3) is 0 Å². The number of ether oxygens (including phenoxy) is 1. The predicted molar refractivity (Wildman–Crippen MR) is 127 cm³/mol. The van der Waals surface area contributed by atoms with Crippen LogP contribution in [0.15, 0.2) is 53.4 Å². The predicted octanol–water partition coefficient (Wildman–Crippen LogP) is 3.26. The molecule has 2 aromatic carbocycles. The Hall–Kier alpha value is -2.91. The summed E-state index contributed by atoms with van der Waals surface area (Å²) in [5.41, 5.74) is 0.775. The molecule has 2 amide bonds. The van der Waals surface area contributed by atoms with Gasteiger partial charge in [0.2, 0.25) is 15.9 Å². The lowest BCUT2D eigenvalue weighted by atomic mass is 10.0. The van der Waals surface area contributed by atoms with Gasteiger partial charge >= 0.3 is 0 Å². The van der Waals surface area contributed by atoms with E-state index >= 15 is 0 Å². The number of nitrogens with one attached hydrogen (secondary N) is 2. The second kappa shape index (κ2) is 10.8. The maximum atomic E-state index is 13.2. The van der Waals surface area contributed by atoms with E-state index < -0.39 is 22.0 Å². The molecular formula is C24H31N3O5S. The van der Waals surface area contributed by atoms with Crippen molar-refractivity contribution in [3.63, 3.8) is 0 Å². The second-order valence-corrected chi connectivity index (χ2v) is 10.2. The quantitative estimate of drug-likeness (QED) is 0.582. The number of nitrogens with zero attached hydrogens (tertiary/aromatic N) is 1. The second-order valence-electron chi connectivity index (χ2n) is 8.26. The number of amides is 2. The molecule has 0 aliphatic carbocycles. The summed E-state index contributed by atoms with van der Waals surface area (Å²) >= 11 is 0. The fourth-order valence-corrected chi connectivity index (χ4v) is 5.37. The summed E-state index contributed by atoms with van der Waals surface area (Å²) in [5.74, 6) is -0.718. The molecule has 0 saturated carbocycles.